The molecular formula is C29H30N2O6S. The quantitative estimate of drug-likeness (QED) is 0.179. The van der Waals surface area contributed by atoms with Gasteiger partial charge in [0, 0.05) is 5.56 Å². The first-order valence-electron chi connectivity index (χ1n) is 12.3. The summed E-state index contributed by atoms with van der Waals surface area (Å²) in [4.78, 5) is 45.1. The van der Waals surface area contributed by atoms with Gasteiger partial charge in [0.15, 0.2) is 5.13 Å². The topological polar surface area (TPSA) is 106 Å². The fourth-order valence-electron chi connectivity index (χ4n) is 4.45. The zero-order valence-electron chi connectivity index (χ0n) is 22.2. The van der Waals surface area contributed by atoms with Gasteiger partial charge in [-0.25, -0.2) is 9.78 Å². The molecule has 8 nitrogen and oxygen atoms in total. The Morgan fingerprint density at radius 3 is 2.39 bits per heavy atom. The Labute approximate surface area is 225 Å². The fourth-order valence-corrected chi connectivity index (χ4v) is 5.46. The van der Waals surface area contributed by atoms with Gasteiger partial charge in [-0.15, -0.1) is 0 Å². The summed E-state index contributed by atoms with van der Waals surface area (Å²) in [7, 11) is 1.27. The highest BCUT2D eigenvalue weighted by Gasteiger charge is 2.48. The van der Waals surface area contributed by atoms with E-state index in [-0.39, 0.29) is 27.3 Å². The van der Waals surface area contributed by atoms with Crippen LogP contribution in [0.25, 0.3) is 5.76 Å². The van der Waals surface area contributed by atoms with Crippen LogP contribution >= 0.6 is 11.3 Å². The highest BCUT2D eigenvalue weighted by molar-refractivity contribution is 7.17. The third-order valence-corrected chi connectivity index (χ3v) is 7.61. The van der Waals surface area contributed by atoms with Crippen LogP contribution in [0.1, 0.15) is 70.4 Å². The molecule has 2 aromatic carbocycles. The smallest absolute Gasteiger partial charge is 0.350 e. The molecule has 0 spiro atoms. The lowest BCUT2D eigenvalue weighted by atomic mass is 9.93. The maximum atomic E-state index is 13.5. The van der Waals surface area contributed by atoms with Gasteiger partial charge < -0.3 is 14.6 Å². The molecule has 0 aliphatic carbocycles. The first-order chi connectivity index (χ1) is 18.1. The van der Waals surface area contributed by atoms with Gasteiger partial charge in [-0.3, -0.25) is 14.5 Å². The van der Waals surface area contributed by atoms with Crippen LogP contribution in [0.15, 0.2) is 48.0 Å². The molecule has 3 aromatic rings. The number of hydrogen-bond donors (Lipinski definition) is 1. The summed E-state index contributed by atoms with van der Waals surface area (Å²) in [5, 5.41) is 11.6. The van der Waals surface area contributed by atoms with Crippen molar-refractivity contribution in [2.45, 2.75) is 46.6 Å². The lowest BCUT2D eigenvalue weighted by Crippen LogP contribution is -2.29. The Hall–Kier alpha value is -3.98. The molecule has 2 heterocycles. The van der Waals surface area contributed by atoms with Gasteiger partial charge in [0.05, 0.1) is 31.0 Å². The Bertz CT molecular complexity index is 1440. The first-order valence-corrected chi connectivity index (χ1v) is 13.1. The van der Waals surface area contributed by atoms with E-state index in [1.807, 2.05) is 38.1 Å². The molecule has 0 unspecified atom stereocenters. The van der Waals surface area contributed by atoms with Crippen molar-refractivity contribution in [3.63, 3.8) is 0 Å². The van der Waals surface area contributed by atoms with Gasteiger partial charge in [-0.05, 0) is 61.6 Å². The van der Waals surface area contributed by atoms with Crippen LogP contribution in [-0.4, -0.2) is 41.5 Å². The summed E-state index contributed by atoms with van der Waals surface area (Å²) in [6.07, 6.45) is 0. The number of esters is 1. The second-order valence-corrected chi connectivity index (χ2v) is 10.3. The summed E-state index contributed by atoms with van der Waals surface area (Å²) in [6.45, 7) is 9.99. The molecule has 1 aliphatic rings. The second-order valence-electron chi connectivity index (χ2n) is 9.31. The number of aromatic nitrogens is 1. The number of carbonyl (C=O) groups excluding carboxylic acids is 3. The minimum absolute atomic E-state index is 0.0525. The lowest BCUT2D eigenvalue weighted by Gasteiger charge is -2.23. The predicted octanol–water partition coefficient (Wildman–Crippen LogP) is 5.69. The predicted molar refractivity (Wildman–Crippen MR) is 146 cm³/mol. The molecule has 1 aromatic heterocycles. The average Bonchev–Trinajstić information content (AvgIpc) is 3.41. The van der Waals surface area contributed by atoms with Crippen LogP contribution in [0.3, 0.4) is 0 Å². The molecule has 1 fully saturated rings. The summed E-state index contributed by atoms with van der Waals surface area (Å²) >= 11 is 0.968. The number of benzene rings is 2. The van der Waals surface area contributed by atoms with Crippen LogP contribution in [0.4, 0.5) is 5.13 Å². The largest absolute Gasteiger partial charge is 0.507 e. The van der Waals surface area contributed by atoms with Crippen LogP contribution in [0.2, 0.25) is 0 Å². The fraction of sp³-hybridized carbons (Fsp3) is 0.310. The van der Waals surface area contributed by atoms with Gasteiger partial charge in [0.2, 0.25) is 0 Å². The van der Waals surface area contributed by atoms with E-state index in [4.69, 9.17) is 9.47 Å². The highest BCUT2D eigenvalue weighted by atomic mass is 32.1. The number of Topliss-reactive ketones (excluding diaryl/α,β-unsaturated/α-hetero) is 1. The number of methoxy groups -OCH3 is 1. The molecule has 1 saturated heterocycles. The third-order valence-electron chi connectivity index (χ3n) is 6.47. The molecular weight excluding hydrogens is 504 g/mol. The number of amides is 1. The van der Waals surface area contributed by atoms with Crippen LogP contribution in [-0.2, 0) is 14.3 Å². The van der Waals surface area contributed by atoms with Gasteiger partial charge in [0.1, 0.15) is 16.4 Å². The highest BCUT2D eigenvalue weighted by Crippen LogP contribution is 2.44. The number of thiazole rings is 1. The molecule has 38 heavy (non-hydrogen) atoms. The number of carbonyl (C=O) groups is 3. The summed E-state index contributed by atoms with van der Waals surface area (Å²) in [5.74, 6) is -1.59. The summed E-state index contributed by atoms with van der Waals surface area (Å²) in [5.41, 5.74) is 3.22. The van der Waals surface area contributed by atoms with E-state index in [1.54, 1.807) is 25.1 Å². The van der Waals surface area contributed by atoms with Crippen LogP contribution in [0, 0.1) is 13.8 Å². The van der Waals surface area contributed by atoms with Crippen molar-refractivity contribution in [3.05, 3.63) is 80.9 Å². The number of aryl methyl sites for hydroxylation is 2. The van der Waals surface area contributed by atoms with Crippen molar-refractivity contribution in [1.82, 2.24) is 4.98 Å². The zero-order valence-corrected chi connectivity index (χ0v) is 23.0. The normalized spacial score (nSPS) is 16.8. The number of aliphatic hydroxyl groups is 1. The second kappa shape index (κ2) is 10.8. The number of anilines is 1. The van der Waals surface area contributed by atoms with Gasteiger partial charge in [-0.1, -0.05) is 49.4 Å². The molecule has 1 amide bonds. The Morgan fingerprint density at radius 2 is 1.82 bits per heavy atom. The minimum Gasteiger partial charge on any atom is -0.507 e. The lowest BCUT2D eigenvalue weighted by molar-refractivity contribution is -0.132. The van der Waals surface area contributed by atoms with Gasteiger partial charge in [0.25, 0.3) is 5.78 Å². The van der Waals surface area contributed by atoms with Crippen molar-refractivity contribution < 1.29 is 29.0 Å². The monoisotopic (exact) mass is 534 g/mol. The van der Waals surface area contributed by atoms with E-state index in [2.05, 4.69) is 18.8 Å². The average molecular weight is 535 g/mol. The molecule has 0 saturated carbocycles. The van der Waals surface area contributed by atoms with E-state index >= 15 is 0 Å². The maximum Gasteiger partial charge on any atom is 0.350 e. The van der Waals surface area contributed by atoms with E-state index in [9.17, 15) is 19.5 Å². The molecule has 9 heteroatoms. The van der Waals surface area contributed by atoms with Crippen LogP contribution < -0.4 is 9.64 Å². The third kappa shape index (κ3) is 4.81. The van der Waals surface area contributed by atoms with Gasteiger partial charge >= 0.3 is 11.9 Å². The standard InChI is InChI=1S/C29H30N2O6S/c1-7-37-21-13-12-20(14-16(21)4)24(32)22-23(19-10-8-18(9-11-19)15(2)3)31(27(34)25(22)33)29-30-17(5)26(38-29)28(35)36-6/h8-15,23,32H,7H2,1-6H3/t23-/m0/s1. The molecule has 0 bridgehead atoms. The van der Waals surface area contributed by atoms with Crippen molar-refractivity contribution >= 4 is 39.9 Å². The van der Waals surface area contributed by atoms with Crippen molar-refractivity contribution in [2.24, 2.45) is 0 Å². The molecule has 1 aliphatic heterocycles. The number of ether oxygens (including phenoxy) is 2. The Kier molecular flexibility index (Phi) is 7.68. The number of ketones is 1. The first kappa shape index (κ1) is 27.1. The van der Waals surface area contributed by atoms with E-state index < -0.39 is 23.7 Å². The molecule has 1 N–H and O–H groups in total. The molecule has 0 radical (unpaired) electrons. The van der Waals surface area contributed by atoms with Crippen LogP contribution in [0.5, 0.6) is 5.75 Å². The number of hydrogen-bond acceptors (Lipinski definition) is 8. The van der Waals surface area contributed by atoms with E-state index in [0.29, 0.717) is 29.2 Å². The number of aliphatic hydroxyl groups excluding tert-OH is 1. The minimum atomic E-state index is -0.945. The Morgan fingerprint density at radius 1 is 1.13 bits per heavy atom. The summed E-state index contributed by atoms with van der Waals surface area (Å²) < 4.78 is 10.4. The molecule has 4 rings (SSSR count). The number of rotatable bonds is 7. The van der Waals surface area contributed by atoms with Crippen molar-refractivity contribution in [1.29, 1.82) is 0 Å². The van der Waals surface area contributed by atoms with Crippen molar-refractivity contribution in [2.75, 3.05) is 18.6 Å². The SMILES string of the molecule is CCOc1ccc(C(O)=C2C(=O)C(=O)N(c3nc(C)c(C(=O)OC)s3)[C@H]2c2ccc(C(C)C)cc2)cc1C. The van der Waals surface area contributed by atoms with Crippen molar-refractivity contribution in [3.8, 4) is 5.75 Å². The molecule has 198 valence electrons. The number of nitrogens with zero attached hydrogens (tertiary/aromatic N) is 2. The van der Waals surface area contributed by atoms with E-state index in [0.717, 1.165) is 22.5 Å². The summed E-state index contributed by atoms with van der Waals surface area (Å²) in [6, 6.07) is 11.7. The zero-order chi connectivity index (χ0) is 27.7. The maximum absolute atomic E-state index is 13.5. The van der Waals surface area contributed by atoms with E-state index in [1.165, 1.54) is 12.0 Å². The van der Waals surface area contributed by atoms with Gasteiger partial charge in [-0.2, -0.15) is 0 Å². The Balaban J connectivity index is 1.91. The molecule has 1 atom stereocenters.